The summed E-state index contributed by atoms with van der Waals surface area (Å²) in [5.41, 5.74) is 1.44. The summed E-state index contributed by atoms with van der Waals surface area (Å²) in [6.45, 7) is 15.1. The molecule has 4 aliphatic heterocycles. The SMILES string of the molecule is C[C@@H]1O[C@@H](O[C@H]2[C@@H](O)[C@@H](C)O[C@@H](O[C@H]3[C@H](O)[C@@H](O)[C@H](O[C@H]4CC[C@@]5(C)[C@@H](CC[C@]6(C)[C@@H]5C=CC5=C7CC(C)(C)CC[C@]7(CO)CC[C@]56C)[C@]4(C)CO)O[C@@H]3CO)[C@@H]2O[C@@H]2O[C@H](CO)[C@@H](O)[C@H](O)[C@H]2O)[C@H](O)[C@H](O)[C@H]1O. The molecule has 430 valence electrons. The highest BCUT2D eigenvalue weighted by atomic mass is 16.8. The molecule has 5 aliphatic carbocycles. The van der Waals surface area contributed by atoms with Crippen LogP contribution in [-0.4, -0.2) is 222 Å². The molecule has 75 heavy (non-hydrogen) atoms. The Labute approximate surface area is 439 Å². The Morgan fingerprint density at radius 1 is 0.520 bits per heavy atom. The van der Waals surface area contributed by atoms with Crippen molar-refractivity contribution in [1.82, 2.24) is 0 Å². The Morgan fingerprint density at radius 2 is 1.08 bits per heavy atom. The van der Waals surface area contributed by atoms with Gasteiger partial charge in [-0.2, -0.15) is 0 Å². The number of hydrogen-bond acceptors (Lipinski definition) is 21. The van der Waals surface area contributed by atoms with Crippen molar-refractivity contribution < 1.29 is 104 Å². The van der Waals surface area contributed by atoms with Gasteiger partial charge >= 0.3 is 0 Å². The summed E-state index contributed by atoms with van der Waals surface area (Å²) in [6.07, 6.45) is -21.3. The number of rotatable bonds is 12. The number of aliphatic hydroxyl groups excluding tert-OH is 13. The van der Waals surface area contributed by atoms with Gasteiger partial charge in [-0.3, -0.25) is 0 Å². The Kier molecular flexibility index (Phi) is 16.5. The molecular weight excluding hydrogens is 985 g/mol. The lowest BCUT2D eigenvalue weighted by atomic mass is 9.35. The molecule has 0 unspecified atom stereocenters. The van der Waals surface area contributed by atoms with Gasteiger partial charge in [0, 0.05) is 10.8 Å². The predicted molar refractivity (Wildman–Crippen MR) is 261 cm³/mol. The van der Waals surface area contributed by atoms with Crippen LogP contribution >= 0.6 is 0 Å². The quantitative estimate of drug-likeness (QED) is 0.108. The van der Waals surface area contributed by atoms with Crippen LogP contribution in [0, 0.1) is 44.3 Å². The molecule has 21 heteroatoms. The maximum Gasteiger partial charge on any atom is 0.187 e. The topological polar surface area (TPSA) is 337 Å². The van der Waals surface area contributed by atoms with Crippen LogP contribution < -0.4 is 0 Å². The molecule has 21 nitrogen and oxygen atoms in total. The van der Waals surface area contributed by atoms with E-state index in [0.717, 1.165) is 51.4 Å². The first kappa shape index (κ1) is 58.3. The Balaban J connectivity index is 0.950. The number of allylic oxidation sites excluding steroid dienone is 3. The number of ether oxygens (including phenoxy) is 8. The molecule has 0 aromatic carbocycles. The standard InChI is InChI=1S/C54H88O21/c1-24-33(59)36(62)39(65)45(68-24)74-43-34(60)25(2)69-48(44(43)75-47-40(66)37(63)35(61)28(20-55)70-47)73-42-29(21-56)71-46(41(67)38(42)64)72-32-12-13-50(5)30(51(32,6)22-57)11-14-53(8)31(50)10-9-26-27-19-49(3,4)15-17-54(27,23-58)18-16-52(26,53)7/h9-10,24-25,28-48,55-67H,11-23H2,1-8H3/t24-,25+,28+,29+,30+,31+,32-,33-,34-,35+,36+,37-,38+,39+,40+,41+,42+,43-,44+,45-,46-,47-,48-,50-,51-,52+,53+,54+/m0/s1. The first-order valence-electron chi connectivity index (χ1n) is 27.4. The van der Waals surface area contributed by atoms with Gasteiger partial charge in [0.1, 0.15) is 85.5 Å². The highest BCUT2D eigenvalue weighted by Crippen LogP contribution is 2.74. The van der Waals surface area contributed by atoms with Crippen LogP contribution in [0.5, 0.6) is 0 Å². The summed E-state index contributed by atoms with van der Waals surface area (Å²) < 4.78 is 48.9. The normalized spacial score (nSPS) is 54.9. The molecule has 3 saturated carbocycles. The summed E-state index contributed by atoms with van der Waals surface area (Å²) in [5.74, 6) is 0.123. The maximum absolute atomic E-state index is 12.0. The molecule has 4 heterocycles. The summed E-state index contributed by atoms with van der Waals surface area (Å²) in [6, 6.07) is 0. The molecule has 0 amide bonds. The zero-order valence-electron chi connectivity index (χ0n) is 44.7. The minimum absolute atomic E-state index is 0.0355. The van der Waals surface area contributed by atoms with Crippen LogP contribution in [0.4, 0.5) is 0 Å². The molecule has 4 saturated heterocycles. The van der Waals surface area contributed by atoms with Crippen LogP contribution in [0.15, 0.2) is 23.3 Å². The lowest BCUT2D eigenvalue weighted by Crippen LogP contribution is -2.68. The van der Waals surface area contributed by atoms with E-state index in [9.17, 15) is 66.4 Å². The zero-order chi connectivity index (χ0) is 54.7. The minimum Gasteiger partial charge on any atom is -0.396 e. The monoisotopic (exact) mass is 1070 g/mol. The first-order chi connectivity index (χ1) is 35.2. The molecule has 13 N–H and O–H groups in total. The Bertz CT molecular complexity index is 2070. The van der Waals surface area contributed by atoms with Crippen molar-refractivity contribution in [1.29, 1.82) is 0 Å². The number of fused-ring (bicyclic) bond motifs is 6. The van der Waals surface area contributed by atoms with Gasteiger partial charge in [-0.1, -0.05) is 59.3 Å². The van der Waals surface area contributed by atoms with E-state index in [1.165, 1.54) is 25.0 Å². The fourth-order valence-corrected chi connectivity index (χ4v) is 15.9. The molecular formula is C54H88O21. The average Bonchev–Trinajstić information content (AvgIpc) is 3.37. The van der Waals surface area contributed by atoms with E-state index in [0.29, 0.717) is 6.42 Å². The second kappa shape index (κ2) is 21.2. The molecule has 0 spiro atoms. The molecule has 0 bridgehead atoms. The maximum atomic E-state index is 12.0. The summed E-state index contributed by atoms with van der Waals surface area (Å²) in [7, 11) is 0. The molecule has 0 aromatic heterocycles. The summed E-state index contributed by atoms with van der Waals surface area (Å²) >= 11 is 0. The van der Waals surface area contributed by atoms with E-state index in [4.69, 9.17) is 37.9 Å². The summed E-state index contributed by atoms with van der Waals surface area (Å²) in [5, 5.41) is 143. The van der Waals surface area contributed by atoms with Crippen molar-refractivity contribution in [3.8, 4) is 0 Å². The smallest absolute Gasteiger partial charge is 0.187 e. The van der Waals surface area contributed by atoms with E-state index >= 15 is 0 Å². The van der Waals surface area contributed by atoms with Gasteiger partial charge in [0.25, 0.3) is 0 Å². The Morgan fingerprint density at radius 3 is 1.73 bits per heavy atom. The lowest BCUT2D eigenvalue weighted by molar-refractivity contribution is -0.404. The molecule has 28 atom stereocenters. The van der Waals surface area contributed by atoms with Gasteiger partial charge in [0.2, 0.25) is 0 Å². The van der Waals surface area contributed by atoms with E-state index < -0.39 is 148 Å². The van der Waals surface area contributed by atoms with Gasteiger partial charge < -0.3 is 104 Å². The fraction of sp³-hybridized carbons (Fsp3) is 0.926. The van der Waals surface area contributed by atoms with Gasteiger partial charge in [-0.25, -0.2) is 0 Å². The van der Waals surface area contributed by atoms with Gasteiger partial charge in [-0.05, 0) is 111 Å². The number of aliphatic hydroxyl groups is 13. The molecule has 9 rings (SSSR count). The van der Waals surface area contributed by atoms with Crippen LogP contribution in [0.25, 0.3) is 0 Å². The van der Waals surface area contributed by atoms with Crippen LogP contribution in [-0.2, 0) is 37.9 Å². The molecule has 0 radical (unpaired) electrons. The van der Waals surface area contributed by atoms with Crippen molar-refractivity contribution in [2.24, 2.45) is 44.3 Å². The second-order valence-electron chi connectivity index (χ2n) is 25.8. The zero-order valence-corrected chi connectivity index (χ0v) is 44.7. The minimum atomic E-state index is -1.98. The van der Waals surface area contributed by atoms with Crippen LogP contribution in [0.2, 0.25) is 0 Å². The van der Waals surface area contributed by atoms with E-state index in [1.54, 1.807) is 0 Å². The third-order valence-electron chi connectivity index (χ3n) is 21.0. The van der Waals surface area contributed by atoms with Gasteiger partial charge in [0.15, 0.2) is 25.2 Å². The van der Waals surface area contributed by atoms with Crippen molar-refractivity contribution in [3.05, 3.63) is 23.3 Å². The van der Waals surface area contributed by atoms with Crippen LogP contribution in [0.3, 0.4) is 0 Å². The molecule has 7 fully saturated rings. The van der Waals surface area contributed by atoms with Gasteiger partial charge in [0.05, 0.1) is 44.7 Å². The third kappa shape index (κ3) is 9.47. The molecule has 0 aromatic rings. The fourth-order valence-electron chi connectivity index (χ4n) is 15.9. The highest BCUT2D eigenvalue weighted by molar-refractivity contribution is 5.46. The van der Waals surface area contributed by atoms with Gasteiger partial charge in [-0.15, -0.1) is 0 Å². The van der Waals surface area contributed by atoms with Crippen molar-refractivity contribution in [2.75, 3.05) is 26.4 Å². The summed E-state index contributed by atoms with van der Waals surface area (Å²) in [4.78, 5) is 0. The highest BCUT2D eigenvalue weighted by Gasteiger charge is 2.68. The lowest BCUT2D eigenvalue weighted by Gasteiger charge is -2.70. The first-order valence-corrected chi connectivity index (χ1v) is 27.4. The number of hydrogen-bond donors (Lipinski definition) is 13. The second-order valence-corrected chi connectivity index (χ2v) is 25.8. The largest absolute Gasteiger partial charge is 0.396 e. The van der Waals surface area contributed by atoms with E-state index in [2.05, 4.69) is 46.8 Å². The molecule has 9 aliphatic rings. The van der Waals surface area contributed by atoms with Crippen molar-refractivity contribution >= 4 is 0 Å². The average molecular weight is 1070 g/mol. The predicted octanol–water partition coefficient (Wildman–Crippen LogP) is -0.614. The van der Waals surface area contributed by atoms with Crippen molar-refractivity contribution in [2.45, 2.75) is 242 Å². The van der Waals surface area contributed by atoms with E-state index in [1.807, 2.05) is 6.92 Å². The van der Waals surface area contributed by atoms with E-state index in [-0.39, 0.29) is 52.1 Å². The van der Waals surface area contributed by atoms with Crippen molar-refractivity contribution in [3.63, 3.8) is 0 Å². The van der Waals surface area contributed by atoms with Crippen LogP contribution in [0.1, 0.15) is 113 Å². The Hall–Kier alpha value is -1.36. The third-order valence-corrected chi connectivity index (χ3v) is 21.0.